The van der Waals surface area contributed by atoms with Crippen LogP contribution in [0.3, 0.4) is 0 Å². The van der Waals surface area contributed by atoms with Crippen LogP contribution in [0.1, 0.15) is 12.0 Å². The zero-order valence-corrected chi connectivity index (χ0v) is 14.7. The predicted octanol–water partition coefficient (Wildman–Crippen LogP) is 4.56. The number of hydrogen-bond donors (Lipinski definition) is 2. The van der Waals surface area contributed by atoms with Crippen LogP contribution >= 0.6 is 39.7 Å². The molecule has 0 aliphatic rings. The molecule has 0 saturated carbocycles. The number of nitrogens with zero attached hydrogens (tertiary/aromatic N) is 1. The van der Waals surface area contributed by atoms with Crippen LogP contribution in [0.15, 0.2) is 41.0 Å². The van der Waals surface area contributed by atoms with Crippen LogP contribution in [-0.2, 0) is 6.42 Å². The third-order valence-corrected chi connectivity index (χ3v) is 3.85. The number of nitrogens with one attached hydrogen (secondary N) is 2. The average molecular weight is 403 g/mol. The molecule has 0 unspecified atom stereocenters. The fourth-order valence-corrected chi connectivity index (χ4v) is 2.68. The topological polar surface area (TPSA) is 37.0 Å². The Hall–Kier alpha value is -1.24. The van der Waals surface area contributed by atoms with E-state index in [2.05, 4.69) is 31.5 Å². The Balaban J connectivity index is 1.72. The second-order valence-electron chi connectivity index (χ2n) is 4.59. The molecule has 116 valence electrons. The molecule has 1 aromatic heterocycles. The van der Waals surface area contributed by atoms with E-state index in [0.717, 1.165) is 22.9 Å². The van der Waals surface area contributed by atoms with Gasteiger partial charge in [-0.15, -0.1) is 0 Å². The van der Waals surface area contributed by atoms with E-state index in [-0.39, 0.29) is 5.82 Å². The first-order chi connectivity index (χ1) is 10.5. The number of aromatic nitrogens is 1. The van der Waals surface area contributed by atoms with Crippen molar-refractivity contribution in [3.63, 3.8) is 0 Å². The standard InChI is InChI=1S/C15H14BrClFN3S/c16-11-8-13(17)14(20-9-11)21-15(22)19-7-1-2-10-3-5-12(18)6-4-10/h3-6,8-9H,1-2,7H2,(H2,19,20,21,22). The lowest BCUT2D eigenvalue weighted by Crippen LogP contribution is -2.29. The van der Waals surface area contributed by atoms with Gasteiger partial charge in [0.2, 0.25) is 0 Å². The monoisotopic (exact) mass is 401 g/mol. The summed E-state index contributed by atoms with van der Waals surface area (Å²) in [6, 6.07) is 8.26. The van der Waals surface area contributed by atoms with Crippen LogP contribution < -0.4 is 10.6 Å². The summed E-state index contributed by atoms with van der Waals surface area (Å²) < 4.78 is 13.6. The van der Waals surface area contributed by atoms with Gasteiger partial charge in [0.05, 0.1) is 5.02 Å². The van der Waals surface area contributed by atoms with Crippen LogP contribution in [0.4, 0.5) is 10.2 Å². The fourth-order valence-electron chi connectivity index (χ4n) is 1.80. The van der Waals surface area contributed by atoms with Crippen molar-refractivity contribution in [2.45, 2.75) is 12.8 Å². The van der Waals surface area contributed by atoms with E-state index in [1.807, 2.05) is 0 Å². The predicted molar refractivity (Wildman–Crippen MR) is 95.9 cm³/mol. The van der Waals surface area contributed by atoms with Crippen LogP contribution in [-0.4, -0.2) is 16.6 Å². The summed E-state index contributed by atoms with van der Waals surface area (Å²) in [6.07, 6.45) is 3.38. The first-order valence-corrected chi connectivity index (χ1v) is 8.23. The van der Waals surface area contributed by atoms with Gasteiger partial charge in [0, 0.05) is 17.2 Å². The van der Waals surface area contributed by atoms with E-state index < -0.39 is 0 Å². The summed E-state index contributed by atoms with van der Waals surface area (Å²) in [4.78, 5) is 4.15. The van der Waals surface area contributed by atoms with Crippen LogP contribution in [0, 0.1) is 5.82 Å². The lowest BCUT2D eigenvalue weighted by atomic mass is 10.1. The van der Waals surface area contributed by atoms with Gasteiger partial charge in [0.25, 0.3) is 0 Å². The molecular formula is C15H14BrClFN3S. The van der Waals surface area contributed by atoms with E-state index in [1.54, 1.807) is 24.4 Å². The number of halogens is 3. The maximum atomic E-state index is 12.8. The van der Waals surface area contributed by atoms with Crippen molar-refractivity contribution in [2.75, 3.05) is 11.9 Å². The lowest BCUT2D eigenvalue weighted by Gasteiger charge is -2.11. The third-order valence-electron chi connectivity index (χ3n) is 2.88. The van der Waals surface area contributed by atoms with E-state index >= 15 is 0 Å². The summed E-state index contributed by atoms with van der Waals surface area (Å²) >= 11 is 14.5. The second kappa shape index (κ2) is 8.41. The summed E-state index contributed by atoms with van der Waals surface area (Å²) in [6.45, 7) is 0.706. The Morgan fingerprint density at radius 2 is 2.05 bits per heavy atom. The summed E-state index contributed by atoms with van der Waals surface area (Å²) in [5.41, 5.74) is 1.10. The van der Waals surface area contributed by atoms with E-state index in [0.29, 0.717) is 22.5 Å². The first-order valence-electron chi connectivity index (χ1n) is 6.65. The Kier molecular flexibility index (Phi) is 6.54. The molecule has 2 rings (SSSR count). The minimum Gasteiger partial charge on any atom is -0.362 e. The summed E-state index contributed by atoms with van der Waals surface area (Å²) in [5, 5.41) is 7.00. The van der Waals surface area contributed by atoms with E-state index in [9.17, 15) is 4.39 Å². The molecule has 3 nitrogen and oxygen atoms in total. The largest absolute Gasteiger partial charge is 0.362 e. The van der Waals surface area contributed by atoms with Gasteiger partial charge in [-0.3, -0.25) is 0 Å². The number of benzene rings is 1. The van der Waals surface area contributed by atoms with Gasteiger partial charge in [-0.25, -0.2) is 9.37 Å². The van der Waals surface area contributed by atoms with Crippen molar-refractivity contribution in [1.29, 1.82) is 0 Å². The van der Waals surface area contributed by atoms with E-state index in [4.69, 9.17) is 23.8 Å². The zero-order chi connectivity index (χ0) is 15.9. The molecule has 7 heteroatoms. The van der Waals surface area contributed by atoms with Gasteiger partial charge >= 0.3 is 0 Å². The van der Waals surface area contributed by atoms with Gasteiger partial charge < -0.3 is 10.6 Å². The highest BCUT2D eigenvalue weighted by molar-refractivity contribution is 9.10. The molecule has 0 aliphatic carbocycles. The maximum Gasteiger partial charge on any atom is 0.171 e. The Morgan fingerprint density at radius 1 is 1.32 bits per heavy atom. The molecule has 22 heavy (non-hydrogen) atoms. The number of aryl methyl sites for hydroxylation is 1. The highest BCUT2D eigenvalue weighted by atomic mass is 79.9. The lowest BCUT2D eigenvalue weighted by molar-refractivity contribution is 0.626. The summed E-state index contributed by atoms with van der Waals surface area (Å²) in [7, 11) is 0. The van der Waals surface area contributed by atoms with E-state index in [1.165, 1.54) is 12.1 Å². The molecule has 0 amide bonds. The van der Waals surface area contributed by atoms with Crippen molar-refractivity contribution in [1.82, 2.24) is 10.3 Å². The van der Waals surface area contributed by atoms with Crippen molar-refractivity contribution < 1.29 is 4.39 Å². The molecule has 0 atom stereocenters. The Bertz CT molecular complexity index is 652. The minimum atomic E-state index is -0.217. The van der Waals surface area contributed by atoms with Gasteiger partial charge in [-0.05, 0) is 64.8 Å². The van der Waals surface area contributed by atoms with Gasteiger partial charge in [-0.1, -0.05) is 23.7 Å². The van der Waals surface area contributed by atoms with Crippen LogP contribution in [0.2, 0.25) is 5.02 Å². The van der Waals surface area contributed by atoms with Crippen LogP contribution in [0.5, 0.6) is 0 Å². The normalized spacial score (nSPS) is 10.3. The fraction of sp³-hybridized carbons (Fsp3) is 0.200. The second-order valence-corrected chi connectivity index (χ2v) is 6.33. The Labute approximate surface area is 147 Å². The molecule has 0 spiro atoms. The van der Waals surface area contributed by atoms with Crippen LogP contribution in [0.25, 0.3) is 0 Å². The zero-order valence-electron chi connectivity index (χ0n) is 11.6. The average Bonchev–Trinajstić information content (AvgIpc) is 2.48. The number of thiocarbonyl (C=S) groups is 1. The third kappa shape index (κ3) is 5.51. The SMILES string of the molecule is Fc1ccc(CCCNC(=S)Nc2ncc(Br)cc2Cl)cc1. The molecule has 2 N–H and O–H groups in total. The van der Waals surface area contributed by atoms with Gasteiger partial charge in [-0.2, -0.15) is 0 Å². The minimum absolute atomic E-state index is 0.217. The van der Waals surface area contributed by atoms with Crippen molar-refractivity contribution in [3.8, 4) is 0 Å². The molecule has 1 heterocycles. The van der Waals surface area contributed by atoms with Gasteiger partial charge in [0.1, 0.15) is 5.82 Å². The molecule has 1 aromatic carbocycles. The number of rotatable bonds is 5. The molecule has 0 aliphatic heterocycles. The van der Waals surface area contributed by atoms with Crippen molar-refractivity contribution >= 4 is 50.7 Å². The number of hydrogen-bond acceptors (Lipinski definition) is 2. The molecule has 0 radical (unpaired) electrons. The molecule has 0 saturated heterocycles. The summed E-state index contributed by atoms with van der Waals surface area (Å²) in [5.74, 6) is 0.298. The van der Waals surface area contributed by atoms with Crippen molar-refractivity contribution in [2.24, 2.45) is 0 Å². The highest BCUT2D eigenvalue weighted by Gasteiger charge is 2.04. The molecule has 2 aromatic rings. The molecular weight excluding hydrogens is 389 g/mol. The smallest absolute Gasteiger partial charge is 0.171 e. The Morgan fingerprint density at radius 3 is 2.73 bits per heavy atom. The first kappa shape index (κ1) is 17.1. The quantitative estimate of drug-likeness (QED) is 0.568. The number of anilines is 1. The highest BCUT2D eigenvalue weighted by Crippen LogP contribution is 2.22. The van der Waals surface area contributed by atoms with Crippen molar-refractivity contribution in [3.05, 3.63) is 57.4 Å². The molecule has 0 bridgehead atoms. The molecule has 0 fully saturated rings. The van der Waals surface area contributed by atoms with Gasteiger partial charge in [0.15, 0.2) is 10.9 Å². The maximum absolute atomic E-state index is 12.8. The number of pyridine rings is 1.